The number of allylic oxidation sites excluding steroid dienone is 3. The molecule has 0 aliphatic carbocycles. The van der Waals surface area contributed by atoms with Crippen molar-refractivity contribution in [3.8, 4) is 0 Å². The van der Waals surface area contributed by atoms with Gasteiger partial charge in [-0.05, 0) is 57.8 Å². The van der Waals surface area contributed by atoms with Gasteiger partial charge >= 0.3 is 5.97 Å². The van der Waals surface area contributed by atoms with E-state index in [0.717, 1.165) is 57.8 Å². The van der Waals surface area contributed by atoms with Crippen molar-refractivity contribution in [2.24, 2.45) is 0 Å². The van der Waals surface area contributed by atoms with Crippen molar-refractivity contribution in [1.29, 1.82) is 0 Å². The van der Waals surface area contributed by atoms with Crippen LogP contribution in [0.2, 0.25) is 0 Å². The van der Waals surface area contributed by atoms with Crippen molar-refractivity contribution in [2.75, 3.05) is 13.2 Å². The molecule has 6 heteroatoms. The summed E-state index contributed by atoms with van der Waals surface area (Å²) in [5.41, 5.74) is 0. The van der Waals surface area contributed by atoms with Crippen LogP contribution in [0.15, 0.2) is 24.3 Å². The number of carbonyl (C=O) groups excluding carboxylic acids is 2. The highest BCUT2D eigenvalue weighted by Crippen LogP contribution is 2.15. The van der Waals surface area contributed by atoms with Crippen molar-refractivity contribution in [3.05, 3.63) is 24.3 Å². The molecule has 0 saturated carbocycles. The summed E-state index contributed by atoms with van der Waals surface area (Å²) in [7, 11) is 0. The average Bonchev–Trinajstić information content (AvgIpc) is 3.18. The number of aliphatic hydroxyl groups excluding tert-OH is 2. The summed E-state index contributed by atoms with van der Waals surface area (Å²) in [6.45, 7) is 4.82. The minimum Gasteiger partial charge on any atom is -0.466 e. The van der Waals surface area contributed by atoms with Crippen molar-refractivity contribution in [3.63, 3.8) is 0 Å². The molecule has 0 spiro atoms. The first-order valence-corrected chi connectivity index (χ1v) is 24.1. The van der Waals surface area contributed by atoms with E-state index in [0.29, 0.717) is 19.4 Å². The second kappa shape index (κ2) is 45.0. The summed E-state index contributed by atoms with van der Waals surface area (Å²) < 4.78 is 5.43. The molecule has 324 valence electrons. The molecule has 0 aromatic heterocycles. The summed E-state index contributed by atoms with van der Waals surface area (Å²) >= 11 is 0. The quantitative estimate of drug-likeness (QED) is 0.0325. The standard InChI is InChI=1S/C49H93NO5/c1-3-5-7-9-11-13-15-17-18-20-21-25-29-33-37-41-47(52)46(45-51)50-48(53)42-38-34-30-26-23-24-28-32-36-40-44-55-49(54)43-39-35-31-27-22-19-16-14-12-10-8-6-4-2/h14,16,37,41,46-47,51-52H,3-13,15,17-36,38-40,42-45H2,1-2H3,(H,50,53)/b16-14-,41-37+. The first-order chi connectivity index (χ1) is 27.0. The molecule has 0 saturated heterocycles. The van der Waals surface area contributed by atoms with Crippen molar-refractivity contribution in [2.45, 2.75) is 264 Å². The summed E-state index contributed by atoms with van der Waals surface area (Å²) in [5.74, 6) is -0.122. The predicted octanol–water partition coefficient (Wildman–Crippen LogP) is 14.0. The number of rotatable bonds is 44. The van der Waals surface area contributed by atoms with Gasteiger partial charge < -0.3 is 20.3 Å². The second-order valence-corrected chi connectivity index (χ2v) is 16.4. The molecule has 0 aromatic carbocycles. The van der Waals surface area contributed by atoms with Gasteiger partial charge in [-0.1, -0.05) is 205 Å². The zero-order valence-corrected chi connectivity index (χ0v) is 36.7. The number of nitrogens with one attached hydrogen (secondary N) is 1. The van der Waals surface area contributed by atoms with E-state index in [1.807, 2.05) is 6.08 Å². The summed E-state index contributed by atoms with van der Waals surface area (Å²) in [4.78, 5) is 24.4. The Balaban J connectivity index is 3.54. The molecule has 2 unspecified atom stereocenters. The molecule has 0 rings (SSSR count). The highest BCUT2D eigenvalue weighted by molar-refractivity contribution is 5.76. The molecule has 55 heavy (non-hydrogen) atoms. The molecule has 0 aliphatic rings. The van der Waals surface area contributed by atoms with Crippen molar-refractivity contribution >= 4 is 11.9 Å². The topological polar surface area (TPSA) is 95.9 Å². The third-order valence-electron chi connectivity index (χ3n) is 11.0. The van der Waals surface area contributed by atoms with E-state index in [2.05, 4.69) is 31.3 Å². The maximum atomic E-state index is 12.4. The van der Waals surface area contributed by atoms with Gasteiger partial charge in [0.1, 0.15) is 0 Å². The molecule has 1 amide bonds. The summed E-state index contributed by atoms with van der Waals surface area (Å²) in [6.07, 6.45) is 51.6. The van der Waals surface area contributed by atoms with Gasteiger partial charge in [-0.3, -0.25) is 9.59 Å². The molecule has 0 radical (unpaired) electrons. The highest BCUT2D eigenvalue weighted by atomic mass is 16.5. The number of ether oxygens (including phenoxy) is 1. The van der Waals surface area contributed by atoms with Crippen molar-refractivity contribution in [1.82, 2.24) is 5.32 Å². The molecule has 0 heterocycles. The van der Waals surface area contributed by atoms with E-state index in [-0.39, 0.29) is 18.5 Å². The Kier molecular flexibility index (Phi) is 43.7. The van der Waals surface area contributed by atoms with E-state index in [4.69, 9.17) is 4.74 Å². The van der Waals surface area contributed by atoms with Gasteiger partial charge in [-0.15, -0.1) is 0 Å². The zero-order valence-electron chi connectivity index (χ0n) is 36.7. The molecule has 0 aromatic rings. The largest absolute Gasteiger partial charge is 0.466 e. The number of amides is 1. The fourth-order valence-electron chi connectivity index (χ4n) is 7.21. The summed E-state index contributed by atoms with van der Waals surface area (Å²) in [6, 6.07) is -0.644. The first kappa shape index (κ1) is 53.3. The SMILES string of the molecule is CCCCCC/C=C\CCCCCCCC(=O)OCCCCCCCCCCCCC(=O)NC(CO)C(O)/C=C/CCCCCCCCCCCCCCC. The Morgan fingerprint density at radius 1 is 0.491 bits per heavy atom. The van der Waals surface area contributed by atoms with E-state index in [1.165, 1.54) is 167 Å². The number of unbranched alkanes of at least 4 members (excludes halogenated alkanes) is 31. The maximum absolute atomic E-state index is 12.4. The Labute approximate surface area is 341 Å². The van der Waals surface area contributed by atoms with Crippen LogP contribution in [0.5, 0.6) is 0 Å². The van der Waals surface area contributed by atoms with Crippen LogP contribution in [-0.2, 0) is 14.3 Å². The Morgan fingerprint density at radius 3 is 1.31 bits per heavy atom. The van der Waals surface area contributed by atoms with Crippen LogP contribution in [0.4, 0.5) is 0 Å². The van der Waals surface area contributed by atoms with Gasteiger partial charge in [0.15, 0.2) is 0 Å². The van der Waals surface area contributed by atoms with Gasteiger partial charge in [-0.25, -0.2) is 0 Å². The number of carbonyl (C=O) groups is 2. The fourth-order valence-corrected chi connectivity index (χ4v) is 7.21. The lowest BCUT2D eigenvalue weighted by Gasteiger charge is -2.20. The van der Waals surface area contributed by atoms with Crippen LogP contribution in [0.1, 0.15) is 251 Å². The molecule has 0 aliphatic heterocycles. The van der Waals surface area contributed by atoms with E-state index < -0.39 is 12.1 Å². The van der Waals surface area contributed by atoms with Gasteiger partial charge in [0, 0.05) is 12.8 Å². The third-order valence-corrected chi connectivity index (χ3v) is 11.0. The first-order valence-electron chi connectivity index (χ1n) is 24.1. The normalized spacial score (nSPS) is 12.9. The van der Waals surface area contributed by atoms with E-state index in [9.17, 15) is 19.8 Å². The van der Waals surface area contributed by atoms with Crippen LogP contribution in [0.3, 0.4) is 0 Å². The summed E-state index contributed by atoms with van der Waals surface area (Å²) in [5, 5.41) is 23.0. The van der Waals surface area contributed by atoms with Crippen LogP contribution < -0.4 is 5.32 Å². The number of esters is 1. The zero-order chi connectivity index (χ0) is 40.1. The predicted molar refractivity (Wildman–Crippen MR) is 236 cm³/mol. The van der Waals surface area contributed by atoms with Crippen molar-refractivity contribution < 1.29 is 24.5 Å². The average molecular weight is 776 g/mol. The van der Waals surface area contributed by atoms with Crippen LogP contribution in [0, 0.1) is 0 Å². The number of aliphatic hydroxyl groups is 2. The minimum atomic E-state index is -0.858. The Hall–Kier alpha value is -1.66. The molecule has 0 bridgehead atoms. The van der Waals surface area contributed by atoms with Crippen LogP contribution in [0.25, 0.3) is 0 Å². The molecular weight excluding hydrogens is 683 g/mol. The monoisotopic (exact) mass is 776 g/mol. The number of hydrogen-bond donors (Lipinski definition) is 3. The van der Waals surface area contributed by atoms with E-state index >= 15 is 0 Å². The second-order valence-electron chi connectivity index (χ2n) is 16.4. The number of hydrogen-bond acceptors (Lipinski definition) is 5. The van der Waals surface area contributed by atoms with E-state index in [1.54, 1.807) is 6.08 Å². The Bertz CT molecular complexity index is 858. The fraction of sp³-hybridized carbons (Fsp3) is 0.878. The highest BCUT2D eigenvalue weighted by Gasteiger charge is 2.18. The minimum absolute atomic E-state index is 0.0305. The van der Waals surface area contributed by atoms with Crippen LogP contribution >= 0.6 is 0 Å². The lowest BCUT2D eigenvalue weighted by molar-refractivity contribution is -0.143. The molecule has 6 nitrogen and oxygen atoms in total. The molecular formula is C49H93NO5. The molecule has 3 N–H and O–H groups in total. The van der Waals surface area contributed by atoms with Gasteiger partial charge in [-0.2, -0.15) is 0 Å². The van der Waals surface area contributed by atoms with Gasteiger partial charge in [0.05, 0.1) is 25.4 Å². The Morgan fingerprint density at radius 2 is 0.855 bits per heavy atom. The third kappa shape index (κ3) is 41.8. The van der Waals surface area contributed by atoms with Gasteiger partial charge in [0.2, 0.25) is 5.91 Å². The smallest absolute Gasteiger partial charge is 0.305 e. The lowest BCUT2D eigenvalue weighted by Crippen LogP contribution is -2.45. The molecule has 2 atom stereocenters. The lowest BCUT2D eigenvalue weighted by atomic mass is 10.0. The van der Waals surface area contributed by atoms with Gasteiger partial charge in [0.25, 0.3) is 0 Å². The molecule has 0 fully saturated rings. The maximum Gasteiger partial charge on any atom is 0.305 e. The van der Waals surface area contributed by atoms with Crippen LogP contribution in [-0.4, -0.2) is 47.4 Å².